The molecule has 0 saturated carbocycles. The van der Waals surface area contributed by atoms with E-state index in [1.54, 1.807) is 12.4 Å². The van der Waals surface area contributed by atoms with Gasteiger partial charge in [0.1, 0.15) is 6.04 Å². The van der Waals surface area contributed by atoms with Gasteiger partial charge in [0.25, 0.3) is 0 Å². The van der Waals surface area contributed by atoms with E-state index in [-0.39, 0.29) is 11.9 Å². The first-order valence-corrected chi connectivity index (χ1v) is 7.11. The number of hydrogen-bond acceptors (Lipinski definition) is 7. The number of nitrogens with zero attached hydrogens (tertiary/aromatic N) is 3. The third kappa shape index (κ3) is 4.35. The van der Waals surface area contributed by atoms with Gasteiger partial charge in [0.15, 0.2) is 5.82 Å². The van der Waals surface area contributed by atoms with Gasteiger partial charge in [0, 0.05) is 19.6 Å². The van der Waals surface area contributed by atoms with Crippen molar-refractivity contribution < 1.29 is 9.53 Å². The van der Waals surface area contributed by atoms with Crippen LogP contribution in [0.1, 0.15) is 19.0 Å². The summed E-state index contributed by atoms with van der Waals surface area (Å²) in [4.78, 5) is 22.6. The second-order valence-corrected chi connectivity index (χ2v) is 4.89. The molecule has 1 atom stereocenters. The summed E-state index contributed by atoms with van der Waals surface area (Å²) in [6.45, 7) is 4.99. The molecule has 1 aromatic heterocycles. The van der Waals surface area contributed by atoms with E-state index in [2.05, 4.69) is 25.6 Å². The van der Waals surface area contributed by atoms with Crippen LogP contribution in [-0.2, 0) is 16.1 Å². The molecule has 0 spiro atoms. The van der Waals surface area contributed by atoms with E-state index >= 15 is 0 Å². The fraction of sp³-hybridized carbons (Fsp3) is 0.615. The predicted molar refractivity (Wildman–Crippen MR) is 78.2 cm³/mol. The second kappa shape index (κ2) is 7.87. The van der Waals surface area contributed by atoms with E-state index in [9.17, 15) is 4.79 Å². The zero-order chi connectivity index (χ0) is 15.1. The minimum atomic E-state index is -0.278. The number of hydrazine groups is 1. The average Bonchev–Trinajstić information content (AvgIpc) is 2.54. The first-order valence-electron chi connectivity index (χ1n) is 7.11. The third-order valence-electron chi connectivity index (χ3n) is 3.31. The maximum Gasteiger partial charge on any atom is 0.239 e. The van der Waals surface area contributed by atoms with Crippen LogP contribution in [0, 0.1) is 0 Å². The maximum atomic E-state index is 12.2. The van der Waals surface area contributed by atoms with E-state index in [4.69, 9.17) is 10.6 Å². The number of carbonyl (C=O) groups is 1. The molecule has 2 rings (SSSR count). The number of anilines is 1. The van der Waals surface area contributed by atoms with E-state index in [0.29, 0.717) is 38.7 Å². The van der Waals surface area contributed by atoms with Crippen molar-refractivity contribution in [2.24, 2.45) is 5.84 Å². The summed E-state index contributed by atoms with van der Waals surface area (Å²) in [5.41, 5.74) is 3.23. The SMILES string of the molecule is CCCNC(=O)C1COCCN1Cc1cnc(NN)cn1. The smallest absolute Gasteiger partial charge is 0.239 e. The largest absolute Gasteiger partial charge is 0.378 e. The minimum Gasteiger partial charge on any atom is -0.378 e. The summed E-state index contributed by atoms with van der Waals surface area (Å²) >= 11 is 0. The molecule has 1 amide bonds. The molecule has 1 saturated heterocycles. The normalized spacial score (nSPS) is 19.2. The quantitative estimate of drug-likeness (QED) is 0.479. The van der Waals surface area contributed by atoms with Gasteiger partial charge in [-0.05, 0) is 6.42 Å². The van der Waals surface area contributed by atoms with Crippen molar-refractivity contribution in [2.75, 3.05) is 31.7 Å². The monoisotopic (exact) mass is 294 g/mol. The molecule has 21 heavy (non-hydrogen) atoms. The molecule has 116 valence electrons. The highest BCUT2D eigenvalue weighted by molar-refractivity contribution is 5.81. The molecule has 1 fully saturated rings. The van der Waals surface area contributed by atoms with E-state index < -0.39 is 0 Å². The molecule has 0 aliphatic carbocycles. The zero-order valence-electron chi connectivity index (χ0n) is 12.2. The van der Waals surface area contributed by atoms with Crippen LogP contribution in [0.4, 0.5) is 5.82 Å². The number of carbonyl (C=O) groups excluding carboxylic acids is 1. The number of ether oxygens (including phenoxy) is 1. The number of morpholine rings is 1. The summed E-state index contributed by atoms with van der Waals surface area (Å²) in [6, 6.07) is -0.278. The van der Waals surface area contributed by atoms with E-state index in [1.165, 1.54) is 0 Å². The van der Waals surface area contributed by atoms with Crippen molar-refractivity contribution in [1.82, 2.24) is 20.2 Å². The number of amides is 1. The fourth-order valence-electron chi connectivity index (χ4n) is 2.15. The molecule has 8 nitrogen and oxygen atoms in total. The first kappa shape index (κ1) is 15.6. The number of rotatable bonds is 6. The molecule has 1 aromatic rings. The molecular formula is C13H22N6O2. The second-order valence-electron chi connectivity index (χ2n) is 4.89. The van der Waals surface area contributed by atoms with Crippen LogP contribution in [0.15, 0.2) is 12.4 Å². The zero-order valence-corrected chi connectivity index (χ0v) is 12.2. The van der Waals surface area contributed by atoms with Crippen LogP contribution in [0.5, 0.6) is 0 Å². The van der Waals surface area contributed by atoms with Gasteiger partial charge in [0.05, 0.1) is 31.3 Å². The van der Waals surface area contributed by atoms with Crippen molar-refractivity contribution in [3.8, 4) is 0 Å². The Morgan fingerprint density at radius 3 is 3.05 bits per heavy atom. The Morgan fingerprint density at radius 1 is 1.52 bits per heavy atom. The van der Waals surface area contributed by atoms with Crippen molar-refractivity contribution in [3.63, 3.8) is 0 Å². The van der Waals surface area contributed by atoms with Gasteiger partial charge < -0.3 is 15.5 Å². The minimum absolute atomic E-state index is 0.00440. The predicted octanol–water partition coefficient (Wildman–Crippen LogP) is -0.511. The highest BCUT2D eigenvalue weighted by Crippen LogP contribution is 2.11. The molecule has 4 N–H and O–H groups in total. The fourth-order valence-corrected chi connectivity index (χ4v) is 2.15. The molecular weight excluding hydrogens is 272 g/mol. The topological polar surface area (TPSA) is 105 Å². The van der Waals surface area contributed by atoms with Gasteiger partial charge in [-0.2, -0.15) is 0 Å². The molecule has 0 radical (unpaired) electrons. The van der Waals surface area contributed by atoms with Gasteiger partial charge in [-0.1, -0.05) is 6.92 Å². The van der Waals surface area contributed by atoms with Gasteiger partial charge >= 0.3 is 0 Å². The average molecular weight is 294 g/mol. The lowest BCUT2D eigenvalue weighted by atomic mass is 10.2. The molecule has 1 aliphatic rings. The summed E-state index contributed by atoms with van der Waals surface area (Å²) in [5, 5.41) is 2.91. The summed E-state index contributed by atoms with van der Waals surface area (Å²) in [5.74, 6) is 5.78. The summed E-state index contributed by atoms with van der Waals surface area (Å²) in [6.07, 6.45) is 4.14. The molecule has 2 heterocycles. The number of nitrogens with one attached hydrogen (secondary N) is 2. The number of aromatic nitrogens is 2. The van der Waals surface area contributed by atoms with E-state index in [0.717, 1.165) is 12.1 Å². The van der Waals surface area contributed by atoms with Crippen LogP contribution in [-0.4, -0.2) is 53.1 Å². The van der Waals surface area contributed by atoms with Crippen LogP contribution >= 0.6 is 0 Å². The summed E-state index contributed by atoms with van der Waals surface area (Å²) in [7, 11) is 0. The van der Waals surface area contributed by atoms with Gasteiger partial charge in [-0.25, -0.2) is 10.8 Å². The number of hydrogen-bond donors (Lipinski definition) is 3. The van der Waals surface area contributed by atoms with Gasteiger partial charge in [0.2, 0.25) is 5.91 Å². The van der Waals surface area contributed by atoms with Crippen molar-refractivity contribution in [2.45, 2.75) is 25.9 Å². The Hall–Kier alpha value is -1.77. The van der Waals surface area contributed by atoms with Crippen LogP contribution < -0.4 is 16.6 Å². The van der Waals surface area contributed by atoms with E-state index in [1.807, 2.05) is 6.92 Å². The summed E-state index contributed by atoms with van der Waals surface area (Å²) < 4.78 is 5.42. The van der Waals surface area contributed by atoms with Crippen LogP contribution in [0.3, 0.4) is 0 Å². The Balaban J connectivity index is 1.98. The third-order valence-corrected chi connectivity index (χ3v) is 3.31. The Kier molecular flexibility index (Phi) is 5.85. The Bertz CT molecular complexity index is 452. The lowest BCUT2D eigenvalue weighted by Crippen LogP contribution is -2.53. The van der Waals surface area contributed by atoms with Gasteiger partial charge in [-0.15, -0.1) is 0 Å². The lowest BCUT2D eigenvalue weighted by molar-refractivity contribution is -0.133. The van der Waals surface area contributed by atoms with Crippen molar-refractivity contribution in [1.29, 1.82) is 0 Å². The first-order chi connectivity index (χ1) is 10.2. The highest BCUT2D eigenvalue weighted by atomic mass is 16.5. The standard InChI is InChI=1S/C13H22N6O2/c1-2-3-15-13(20)11-9-21-5-4-19(11)8-10-6-17-12(18-14)7-16-10/h6-7,11H,2-5,8-9,14H2,1H3,(H,15,20)(H,17,18). The van der Waals surface area contributed by atoms with Crippen molar-refractivity contribution in [3.05, 3.63) is 18.1 Å². The number of nitrogen functional groups attached to an aromatic ring is 1. The molecule has 0 aromatic carbocycles. The lowest BCUT2D eigenvalue weighted by Gasteiger charge is -2.34. The Morgan fingerprint density at radius 2 is 2.38 bits per heavy atom. The molecule has 8 heteroatoms. The van der Waals surface area contributed by atoms with Crippen molar-refractivity contribution >= 4 is 11.7 Å². The Labute approximate surface area is 124 Å². The van der Waals surface area contributed by atoms with Crippen LogP contribution in [0.25, 0.3) is 0 Å². The van der Waals surface area contributed by atoms with Gasteiger partial charge in [-0.3, -0.25) is 14.7 Å². The molecule has 1 aliphatic heterocycles. The number of nitrogens with two attached hydrogens (primary N) is 1. The molecule has 0 bridgehead atoms. The highest BCUT2D eigenvalue weighted by Gasteiger charge is 2.29. The maximum absolute atomic E-state index is 12.2. The van der Waals surface area contributed by atoms with Crippen LogP contribution in [0.2, 0.25) is 0 Å². The molecule has 1 unspecified atom stereocenters.